The number of halogens is 1. The van der Waals surface area contributed by atoms with Gasteiger partial charge in [-0.1, -0.05) is 0 Å². The first-order chi connectivity index (χ1) is 11.1. The second-order valence-corrected chi connectivity index (χ2v) is 21.0. The minimum absolute atomic E-state index is 0.0316. The summed E-state index contributed by atoms with van der Waals surface area (Å²) in [5.41, 5.74) is 2.63. The van der Waals surface area contributed by atoms with Crippen LogP contribution in [0.4, 0.5) is 0 Å². The first kappa shape index (κ1) is 18.9. The fraction of sp³-hybridized carbons (Fsp3) is 1.00. The van der Waals surface area contributed by atoms with E-state index in [1.807, 2.05) is 0 Å². The van der Waals surface area contributed by atoms with Gasteiger partial charge in [0.15, 0.2) is 0 Å². The van der Waals surface area contributed by atoms with Gasteiger partial charge in [-0.3, -0.25) is 0 Å². The van der Waals surface area contributed by atoms with Crippen LogP contribution in [0, 0.1) is 0 Å². The van der Waals surface area contributed by atoms with Crippen LogP contribution in [-0.2, 0) is 0 Å². The zero-order chi connectivity index (χ0) is 16.4. The molecule has 0 aliphatic heterocycles. The molecule has 0 heterocycles. The molecule has 0 radical (unpaired) electrons. The van der Waals surface area contributed by atoms with Gasteiger partial charge in [-0.2, -0.15) is 0 Å². The van der Waals surface area contributed by atoms with Crippen molar-refractivity contribution in [2.24, 2.45) is 0 Å². The first-order valence-corrected chi connectivity index (χ1v) is 15.8. The molecule has 3 fully saturated rings. The predicted molar refractivity (Wildman–Crippen MR) is 113 cm³/mol. The Morgan fingerprint density at radius 1 is 0.652 bits per heavy atom. The average Bonchev–Trinajstić information content (AvgIpc) is 2.63. The summed E-state index contributed by atoms with van der Waals surface area (Å²) in [7, 11) is 0. The zero-order valence-corrected chi connectivity index (χ0v) is 18.2. The molecule has 3 saturated carbocycles. The van der Waals surface area contributed by atoms with E-state index in [2.05, 4.69) is 29.0 Å². The molecule has 0 saturated heterocycles. The first-order valence-electron chi connectivity index (χ1n) is 10.5. The van der Waals surface area contributed by atoms with Crippen LogP contribution in [0.25, 0.3) is 0 Å². The molecule has 0 aromatic carbocycles. The van der Waals surface area contributed by atoms with E-state index >= 15 is 0 Å². The molecule has 1 nitrogen and oxygen atoms in total. The molecule has 136 valence electrons. The summed E-state index contributed by atoms with van der Waals surface area (Å²) in [6.07, 6.45) is 21.5. The third kappa shape index (κ3) is 3.16. The fourth-order valence-electron chi connectivity index (χ4n) is 6.69. The van der Waals surface area contributed by atoms with Gasteiger partial charge in [-0.15, -0.1) is 0 Å². The van der Waals surface area contributed by atoms with Crippen molar-refractivity contribution in [3.05, 3.63) is 0 Å². The van der Waals surface area contributed by atoms with Crippen molar-refractivity contribution in [3.63, 3.8) is 0 Å². The number of hydrogen-bond donors (Lipinski definition) is 1. The van der Waals surface area contributed by atoms with Gasteiger partial charge in [-0.25, -0.2) is 0 Å². The molecule has 3 heteroatoms. The van der Waals surface area contributed by atoms with Crippen LogP contribution in [0.3, 0.4) is 0 Å². The summed E-state index contributed by atoms with van der Waals surface area (Å²) in [5.74, 6) is -0.0316. The van der Waals surface area contributed by atoms with Crippen LogP contribution in [0.15, 0.2) is 0 Å². The maximum atomic E-state index is 11.4. The third-order valence-corrected chi connectivity index (χ3v) is 25.1. The number of rotatable bonds is 4. The molecule has 0 aromatic rings. The Hall–Kier alpha value is 1.12. The van der Waals surface area contributed by atoms with Gasteiger partial charge >= 0.3 is 157 Å². The standard InChI is InChI=1S/C20H38IOP/c1-17(22)23(21,18-11-5-2-6-12-18,19-13-7-3-8-14-19)20-15-9-4-10-16-20/h17-20,22H,2-16H2,1H3. The molecule has 1 N–H and O–H groups in total. The van der Waals surface area contributed by atoms with E-state index in [9.17, 15) is 5.11 Å². The topological polar surface area (TPSA) is 20.2 Å². The van der Waals surface area contributed by atoms with Crippen LogP contribution in [0.5, 0.6) is 0 Å². The van der Waals surface area contributed by atoms with Crippen molar-refractivity contribution in [2.75, 3.05) is 0 Å². The molecule has 23 heavy (non-hydrogen) atoms. The van der Waals surface area contributed by atoms with Crippen molar-refractivity contribution in [3.8, 4) is 0 Å². The van der Waals surface area contributed by atoms with Gasteiger partial charge in [0, 0.05) is 0 Å². The summed E-state index contributed by atoms with van der Waals surface area (Å²) in [6.45, 7) is 2.22. The van der Waals surface area contributed by atoms with E-state index in [4.69, 9.17) is 0 Å². The van der Waals surface area contributed by atoms with E-state index in [0.717, 1.165) is 17.0 Å². The summed E-state index contributed by atoms with van der Waals surface area (Å²) in [5, 5.41) is 11.4. The van der Waals surface area contributed by atoms with Crippen molar-refractivity contribution in [2.45, 2.75) is 126 Å². The van der Waals surface area contributed by atoms with Crippen LogP contribution < -0.4 is 0 Å². The Morgan fingerprint density at radius 2 is 0.913 bits per heavy atom. The van der Waals surface area contributed by atoms with Gasteiger partial charge in [0.2, 0.25) is 0 Å². The van der Waals surface area contributed by atoms with E-state index in [1.54, 1.807) is 0 Å². The zero-order valence-electron chi connectivity index (χ0n) is 15.2. The van der Waals surface area contributed by atoms with E-state index in [0.29, 0.717) is 0 Å². The Balaban J connectivity index is 2.03. The van der Waals surface area contributed by atoms with E-state index in [1.165, 1.54) is 96.3 Å². The Kier molecular flexibility index (Phi) is 6.40. The van der Waals surface area contributed by atoms with Crippen LogP contribution in [0.1, 0.15) is 103 Å². The molecular formula is C20H38IOP. The monoisotopic (exact) mass is 452 g/mol. The summed E-state index contributed by atoms with van der Waals surface area (Å²) >= 11 is 3.04. The molecule has 1 atom stereocenters. The second kappa shape index (κ2) is 7.78. The maximum absolute atomic E-state index is 11.4. The average molecular weight is 452 g/mol. The Bertz CT molecular complexity index is 331. The van der Waals surface area contributed by atoms with Crippen molar-refractivity contribution < 1.29 is 5.11 Å². The normalized spacial score (nSPS) is 29.8. The molecular weight excluding hydrogens is 414 g/mol. The molecule has 3 rings (SSSR count). The summed E-state index contributed by atoms with van der Waals surface area (Å²) in [6, 6.07) is 0. The number of aliphatic hydroxyl groups is 1. The number of aliphatic hydroxyl groups excluding tert-OH is 1. The molecule has 0 bridgehead atoms. The fourth-order valence-corrected chi connectivity index (χ4v) is 19.7. The van der Waals surface area contributed by atoms with Gasteiger partial charge in [0.05, 0.1) is 0 Å². The van der Waals surface area contributed by atoms with Gasteiger partial charge in [-0.05, 0) is 0 Å². The Labute approximate surface area is 157 Å². The van der Waals surface area contributed by atoms with Crippen LogP contribution in [0.2, 0.25) is 0 Å². The molecule has 3 aliphatic rings. The van der Waals surface area contributed by atoms with E-state index in [-0.39, 0.29) is 5.85 Å². The SMILES string of the molecule is CC(O)P(I)(C1CCCCC1)(C1CCCCC1)C1CCCCC1. The molecule has 1 unspecified atom stereocenters. The third-order valence-electron chi connectivity index (χ3n) is 7.82. The predicted octanol–water partition coefficient (Wildman–Crippen LogP) is 7.23. The molecule has 3 aliphatic carbocycles. The van der Waals surface area contributed by atoms with Crippen LogP contribution >= 0.6 is 26.3 Å². The molecule has 0 aromatic heterocycles. The van der Waals surface area contributed by atoms with E-state index < -0.39 is 4.25 Å². The van der Waals surface area contributed by atoms with Crippen molar-refractivity contribution >= 4 is 26.3 Å². The minimum atomic E-state index is -2.15. The summed E-state index contributed by atoms with van der Waals surface area (Å²) < 4.78 is -2.15. The number of hydrogen-bond acceptors (Lipinski definition) is 1. The van der Waals surface area contributed by atoms with Gasteiger partial charge in [0.1, 0.15) is 0 Å². The molecule has 0 spiro atoms. The van der Waals surface area contributed by atoms with Crippen molar-refractivity contribution in [1.29, 1.82) is 0 Å². The summed E-state index contributed by atoms with van der Waals surface area (Å²) in [4.78, 5) is 0. The van der Waals surface area contributed by atoms with Gasteiger partial charge in [0.25, 0.3) is 0 Å². The second-order valence-electron chi connectivity index (χ2n) is 8.79. The molecule has 0 amide bonds. The van der Waals surface area contributed by atoms with Gasteiger partial charge < -0.3 is 0 Å². The van der Waals surface area contributed by atoms with Crippen LogP contribution in [-0.4, -0.2) is 27.9 Å². The quantitative estimate of drug-likeness (QED) is 0.353. The Morgan fingerprint density at radius 3 is 1.13 bits per heavy atom. The van der Waals surface area contributed by atoms with Crippen molar-refractivity contribution in [1.82, 2.24) is 0 Å².